The Hall–Kier alpha value is -7.97. The molecule has 0 amide bonds. The highest BCUT2D eigenvalue weighted by Gasteiger charge is 2.22. The van der Waals surface area contributed by atoms with Gasteiger partial charge in [-0.05, 0) is 71.8 Å². The standard InChI is InChI=1S/C57H32N4OS2/c1-2-13-35(14-3-1)61-45-22-7-4-15-37(45)38-29-27-33(31-46(38)61)36-18-10-19-42-53-44(21-12-26-51(53)64-54(36)42)57-59-55(34-28-30-40-39-16-5-8-23-47(39)62-48(40)32-34)58-56(60-57)43-20-11-25-50-52(43)41-17-6-9-24-49(41)63-50/h1-32H. The zero-order valence-electron chi connectivity index (χ0n) is 34.0. The molecule has 0 spiro atoms. The van der Waals surface area contributed by atoms with E-state index >= 15 is 0 Å². The van der Waals surface area contributed by atoms with Gasteiger partial charge in [0.2, 0.25) is 0 Å². The van der Waals surface area contributed by atoms with Gasteiger partial charge >= 0.3 is 0 Å². The summed E-state index contributed by atoms with van der Waals surface area (Å²) >= 11 is 3.62. The van der Waals surface area contributed by atoms with Gasteiger partial charge in [0.15, 0.2) is 17.5 Å². The largest absolute Gasteiger partial charge is 0.456 e. The molecular weight excluding hydrogens is 821 g/mol. The molecule has 0 aliphatic heterocycles. The lowest BCUT2D eigenvalue weighted by atomic mass is 9.99. The van der Waals surface area contributed by atoms with Gasteiger partial charge in [-0.2, -0.15) is 0 Å². The zero-order valence-corrected chi connectivity index (χ0v) is 35.6. The van der Waals surface area contributed by atoms with Crippen LogP contribution in [0, 0.1) is 0 Å². The molecule has 0 aliphatic rings. The zero-order chi connectivity index (χ0) is 41.9. The minimum atomic E-state index is 0.596. The molecule has 64 heavy (non-hydrogen) atoms. The number of furan rings is 1. The number of hydrogen-bond acceptors (Lipinski definition) is 6. The van der Waals surface area contributed by atoms with E-state index in [-0.39, 0.29) is 0 Å². The van der Waals surface area contributed by atoms with Gasteiger partial charge in [-0.15, -0.1) is 22.7 Å². The number of rotatable bonds is 5. The van der Waals surface area contributed by atoms with E-state index in [4.69, 9.17) is 19.4 Å². The third-order valence-electron chi connectivity index (χ3n) is 12.7. The summed E-state index contributed by atoms with van der Waals surface area (Å²) in [7, 11) is 0. The molecule has 14 rings (SSSR count). The molecule has 0 atom stereocenters. The summed E-state index contributed by atoms with van der Waals surface area (Å²) in [6.45, 7) is 0. The van der Waals surface area contributed by atoms with E-state index in [9.17, 15) is 0 Å². The molecule has 0 aliphatic carbocycles. The predicted molar refractivity (Wildman–Crippen MR) is 269 cm³/mol. The number of benzene rings is 9. The van der Waals surface area contributed by atoms with E-state index in [0.717, 1.165) is 55.1 Å². The van der Waals surface area contributed by atoms with Crippen molar-refractivity contribution < 1.29 is 4.42 Å². The van der Waals surface area contributed by atoms with Gasteiger partial charge in [-0.25, -0.2) is 15.0 Å². The van der Waals surface area contributed by atoms with Gasteiger partial charge in [-0.3, -0.25) is 0 Å². The predicted octanol–water partition coefficient (Wildman–Crippen LogP) is 16.3. The van der Waals surface area contributed by atoms with Gasteiger partial charge in [-0.1, -0.05) is 133 Å². The Morgan fingerprint density at radius 2 is 0.938 bits per heavy atom. The van der Waals surface area contributed by atoms with Crippen LogP contribution in [-0.4, -0.2) is 19.5 Å². The molecule has 0 saturated heterocycles. The summed E-state index contributed by atoms with van der Waals surface area (Å²) < 4.78 is 13.6. The Morgan fingerprint density at radius 3 is 1.78 bits per heavy atom. The van der Waals surface area contributed by atoms with Gasteiger partial charge in [0.25, 0.3) is 0 Å². The fourth-order valence-corrected chi connectivity index (χ4v) is 12.2. The first-order chi connectivity index (χ1) is 31.7. The Balaban J connectivity index is 0.990. The first kappa shape index (κ1) is 35.6. The topological polar surface area (TPSA) is 56.7 Å². The lowest BCUT2D eigenvalue weighted by molar-refractivity contribution is 0.669. The molecule has 7 heteroatoms. The van der Waals surface area contributed by atoms with Crippen LogP contribution in [0.4, 0.5) is 0 Å². The van der Waals surface area contributed by atoms with Crippen molar-refractivity contribution in [3.63, 3.8) is 0 Å². The molecular formula is C57H32N4OS2. The van der Waals surface area contributed by atoms with Crippen LogP contribution in [0.25, 0.3) is 135 Å². The lowest BCUT2D eigenvalue weighted by Gasteiger charge is -2.11. The third kappa shape index (κ3) is 5.32. The second-order valence-corrected chi connectivity index (χ2v) is 18.4. The second kappa shape index (κ2) is 13.8. The minimum Gasteiger partial charge on any atom is -0.456 e. The number of nitrogens with zero attached hydrogens (tertiary/aromatic N) is 4. The van der Waals surface area contributed by atoms with Gasteiger partial charge in [0, 0.05) is 84.3 Å². The number of aromatic nitrogens is 4. The van der Waals surface area contributed by atoms with E-state index in [1.165, 1.54) is 62.5 Å². The second-order valence-electron chi connectivity index (χ2n) is 16.3. The van der Waals surface area contributed by atoms with E-state index in [1.807, 2.05) is 29.5 Å². The van der Waals surface area contributed by atoms with Crippen LogP contribution >= 0.6 is 22.7 Å². The molecule has 5 aromatic heterocycles. The summed E-state index contributed by atoms with van der Waals surface area (Å²) in [5.74, 6) is 1.86. The highest BCUT2D eigenvalue weighted by atomic mass is 32.1. The SMILES string of the molecule is c1ccc(-n2c3ccccc3c3ccc(-c4cccc5c4sc4cccc(-c6nc(-c7ccc8c(c7)oc7ccccc78)nc(-c7cccc8sc9ccccc9c78)n6)c45)cc32)cc1. The van der Waals surface area contributed by atoms with E-state index < -0.39 is 0 Å². The van der Waals surface area contributed by atoms with Crippen LogP contribution in [0.15, 0.2) is 199 Å². The van der Waals surface area contributed by atoms with Crippen molar-refractivity contribution in [3.05, 3.63) is 194 Å². The molecule has 5 nitrogen and oxygen atoms in total. The Bertz CT molecular complexity index is 4210. The summed E-state index contributed by atoms with van der Waals surface area (Å²) in [5.41, 5.74) is 10.4. The van der Waals surface area contributed by atoms with Crippen LogP contribution in [0.2, 0.25) is 0 Å². The van der Waals surface area contributed by atoms with Crippen LogP contribution in [-0.2, 0) is 0 Å². The average Bonchev–Trinajstić information content (AvgIpc) is 4.12. The maximum atomic E-state index is 6.38. The maximum absolute atomic E-state index is 6.38. The summed E-state index contributed by atoms with van der Waals surface area (Å²) in [5, 5.41) is 9.31. The molecule has 0 saturated carbocycles. The molecule has 298 valence electrons. The summed E-state index contributed by atoms with van der Waals surface area (Å²) in [6, 6.07) is 69.0. The van der Waals surface area contributed by atoms with Crippen molar-refractivity contribution in [2.45, 2.75) is 0 Å². The van der Waals surface area contributed by atoms with Gasteiger partial charge < -0.3 is 8.98 Å². The van der Waals surface area contributed by atoms with Crippen LogP contribution in [0.5, 0.6) is 0 Å². The van der Waals surface area contributed by atoms with Crippen LogP contribution < -0.4 is 0 Å². The molecule has 0 unspecified atom stereocenters. The molecule has 0 fully saturated rings. The molecule has 9 aromatic carbocycles. The third-order valence-corrected chi connectivity index (χ3v) is 15.0. The summed E-state index contributed by atoms with van der Waals surface area (Å²) in [6.07, 6.45) is 0. The van der Waals surface area contributed by atoms with Crippen LogP contribution in [0.1, 0.15) is 0 Å². The van der Waals surface area contributed by atoms with Gasteiger partial charge in [0.1, 0.15) is 11.2 Å². The van der Waals surface area contributed by atoms with Crippen molar-refractivity contribution in [1.82, 2.24) is 19.5 Å². The van der Waals surface area contributed by atoms with Crippen LogP contribution in [0.3, 0.4) is 0 Å². The van der Waals surface area contributed by atoms with Crippen molar-refractivity contribution in [1.29, 1.82) is 0 Å². The highest BCUT2D eigenvalue weighted by Crippen LogP contribution is 2.46. The number of para-hydroxylation sites is 3. The fourth-order valence-electron chi connectivity index (χ4n) is 9.83. The monoisotopic (exact) mass is 852 g/mol. The van der Waals surface area contributed by atoms with Gasteiger partial charge in [0.05, 0.1) is 11.0 Å². The smallest absolute Gasteiger partial charge is 0.164 e. The van der Waals surface area contributed by atoms with E-state index in [2.05, 4.69) is 180 Å². The molecule has 5 heterocycles. The number of thiophene rings is 2. The fraction of sp³-hybridized carbons (Fsp3) is 0. The quantitative estimate of drug-likeness (QED) is 0.173. The Labute approximate surface area is 373 Å². The summed E-state index contributed by atoms with van der Waals surface area (Å²) in [4.78, 5) is 16.0. The first-order valence-electron chi connectivity index (χ1n) is 21.3. The normalized spacial score (nSPS) is 12.1. The molecule has 14 aromatic rings. The van der Waals surface area contributed by atoms with E-state index in [0.29, 0.717) is 17.5 Å². The minimum absolute atomic E-state index is 0.596. The van der Waals surface area contributed by atoms with Crippen molar-refractivity contribution in [3.8, 4) is 51.0 Å². The average molecular weight is 853 g/mol. The Kier molecular flexibility index (Phi) is 7.66. The molecule has 0 bridgehead atoms. The highest BCUT2D eigenvalue weighted by molar-refractivity contribution is 7.26. The first-order valence-corrected chi connectivity index (χ1v) is 23.0. The number of fused-ring (bicyclic) bond motifs is 12. The molecule has 0 radical (unpaired) electrons. The Morgan fingerprint density at radius 1 is 0.359 bits per heavy atom. The lowest BCUT2D eigenvalue weighted by Crippen LogP contribution is -2.00. The van der Waals surface area contributed by atoms with E-state index in [1.54, 1.807) is 11.3 Å². The van der Waals surface area contributed by atoms with Crippen molar-refractivity contribution in [2.24, 2.45) is 0 Å². The molecule has 0 N–H and O–H groups in total. The number of hydrogen-bond donors (Lipinski definition) is 0. The maximum Gasteiger partial charge on any atom is 0.164 e. The van der Waals surface area contributed by atoms with Crippen molar-refractivity contribution >= 4 is 107 Å². The van der Waals surface area contributed by atoms with Crippen molar-refractivity contribution in [2.75, 3.05) is 0 Å².